The number of H-pyrrole nitrogens is 1. The number of oxazole rings is 1. The van der Waals surface area contributed by atoms with Crippen LogP contribution in [0.15, 0.2) is 34.9 Å². The zero-order chi connectivity index (χ0) is 12.5. The summed E-state index contributed by atoms with van der Waals surface area (Å²) in [4.78, 5) is 21.3. The number of carboxylic acid groups (broad SMARTS) is 1. The summed E-state index contributed by atoms with van der Waals surface area (Å²) in [5, 5.41) is 11.5. The van der Waals surface area contributed by atoms with Gasteiger partial charge >= 0.3 is 12.0 Å². The van der Waals surface area contributed by atoms with Gasteiger partial charge in [0.2, 0.25) is 5.95 Å². The van der Waals surface area contributed by atoms with Gasteiger partial charge in [0.15, 0.2) is 5.58 Å². The number of carboxylic acids is 1. The molecular weight excluding hydrogens is 236 g/mol. The summed E-state index contributed by atoms with van der Waals surface area (Å²) in [6.45, 7) is 0. The van der Waals surface area contributed by atoms with Crippen LogP contribution in [0.4, 0.5) is 12.0 Å². The monoisotopic (exact) mass is 244 g/mol. The van der Waals surface area contributed by atoms with E-state index in [1.807, 2.05) is 18.2 Å². The van der Waals surface area contributed by atoms with Gasteiger partial charge < -0.3 is 14.5 Å². The highest BCUT2D eigenvalue weighted by Gasteiger charge is 2.10. The summed E-state index contributed by atoms with van der Waals surface area (Å²) < 4.78 is 5.41. The first-order valence-corrected chi connectivity index (χ1v) is 5.13. The maximum Gasteiger partial charge on any atom is 0.354 e. The number of carbonyl (C=O) groups is 1. The van der Waals surface area contributed by atoms with E-state index in [2.05, 4.69) is 20.3 Å². The van der Waals surface area contributed by atoms with E-state index in [0.717, 1.165) is 0 Å². The number of hydrogen-bond donors (Lipinski definition) is 3. The molecule has 18 heavy (non-hydrogen) atoms. The number of aromatic amines is 1. The SMILES string of the molecule is O=C(O)c1cnc(Nc2nc3ccccc3o2)[nH]1. The van der Waals surface area contributed by atoms with Crippen LogP contribution in [0.3, 0.4) is 0 Å². The third kappa shape index (κ3) is 1.77. The van der Waals surface area contributed by atoms with Crippen LogP contribution in [0.2, 0.25) is 0 Å². The smallest absolute Gasteiger partial charge is 0.354 e. The molecule has 0 spiro atoms. The average molecular weight is 244 g/mol. The Bertz CT molecular complexity index is 683. The molecular formula is C11H8N4O3. The number of fused-ring (bicyclic) bond motifs is 1. The maximum absolute atomic E-state index is 10.7. The van der Waals surface area contributed by atoms with Crippen molar-refractivity contribution in [2.75, 3.05) is 5.32 Å². The van der Waals surface area contributed by atoms with Crippen LogP contribution < -0.4 is 5.32 Å². The molecule has 0 saturated carbocycles. The third-order valence-electron chi connectivity index (χ3n) is 2.33. The molecule has 1 aromatic carbocycles. The second-order valence-electron chi connectivity index (χ2n) is 3.56. The lowest BCUT2D eigenvalue weighted by atomic mass is 10.3. The van der Waals surface area contributed by atoms with Gasteiger partial charge in [-0.2, -0.15) is 4.98 Å². The minimum absolute atomic E-state index is 0.00592. The summed E-state index contributed by atoms with van der Waals surface area (Å²) in [5.74, 6) is -0.813. The van der Waals surface area contributed by atoms with E-state index < -0.39 is 5.97 Å². The van der Waals surface area contributed by atoms with Gasteiger partial charge in [-0.25, -0.2) is 9.78 Å². The zero-order valence-corrected chi connectivity index (χ0v) is 9.04. The molecule has 2 aromatic heterocycles. The van der Waals surface area contributed by atoms with Crippen molar-refractivity contribution in [2.24, 2.45) is 0 Å². The van der Waals surface area contributed by atoms with Crippen molar-refractivity contribution in [3.63, 3.8) is 0 Å². The largest absolute Gasteiger partial charge is 0.477 e. The van der Waals surface area contributed by atoms with E-state index in [4.69, 9.17) is 9.52 Å². The van der Waals surface area contributed by atoms with Gasteiger partial charge in [0.1, 0.15) is 11.2 Å². The molecule has 0 aliphatic carbocycles. The molecule has 0 fully saturated rings. The molecule has 0 aliphatic rings. The van der Waals surface area contributed by atoms with Gasteiger partial charge in [-0.15, -0.1) is 0 Å². The van der Waals surface area contributed by atoms with Gasteiger partial charge in [-0.05, 0) is 12.1 Å². The Morgan fingerprint density at radius 2 is 2.22 bits per heavy atom. The Kier molecular flexibility index (Phi) is 2.23. The molecule has 0 amide bonds. The van der Waals surface area contributed by atoms with E-state index in [1.165, 1.54) is 6.20 Å². The van der Waals surface area contributed by atoms with E-state index in [1.54, 1.807) is 6.07 Å². The van der Waals surface area contributed by atoms with Crippen molar-refractivity contribution < 1.29 is 14.3 Å². The number of anilines is 2. The topological polar surface area (TPSA) is 104 Å². The zero-order valence-electron chi connectivity index (χ0n) is 9.04. The Labute approximate surface area is 100 Å². The van der Waals surface area contributed by atoms with E-state index in [-0.39, 0.29) is 17.7 Å². The normalized spacial score (nSPS) is 10.7. The van der Waals surface area contributed by atoms with Gasteiger partial charge in [-0.1, -0.05) is 12.1 Å². The average Bonchev–Trinajstić information content (AvgIpc) is 2.94. The highest BCUT2D eigenvalue weighted by molar-refractivity contribution is 5.85. The number of aromatic carboxylic acids is 1. The molecule has 3 aromatic rings. The first-order valence-electron chi connectivity index (χ1n) is 5.13. The Morgan fingerprint density at radius 3 is 2.94 bits per heavy atom. The summed E-state index contributed by atoms with van der Waals surface area (Å²) in [7, 11) is 0. The molecule has 0 bridgehead atoms. The van der Waals surface area contributed by atoms with Crippen molar-refractivity contribution in [3.8, 4) is 0 Å². The van der Waals surface area contributed by atoms with E-state index in [0.29, 0.717) is 11.1 Å². The van der Waals surface area contributed by atoms with Crippen LogP contribution in [0, 0.1) is 0 Å². The fourth-order valence-corrected chi connectivity index (χ4v) is 1.52. The summed E-state index contributed by atoms with van der Waals surface area (Å²) in [5.41, 5.74) is 1.35. The summed E-state index contributed by atoms with van der Waals surface area (Å²) in [6.07, 6.45) is 1.22. The molecule has 0 aliphatic heterocycles. The molecule has 3 N–H and O–H groups in total. The predicted octanol–water partition coefficient (Wildman–Crippen LogP) is 1.99. The lowest BCUT2D eigenvalue weighted by Gasteiger charge is -1.94. The van der Waals surface area contributed by atoms with Crippen LogP contribution in [-0.4, -0.2) is 26.0 Å². The standard InChI is InChI=1S/C11H8N4O3/c16-9(17)7-5-12-10(13-7)15-11-14-6-3-1-2-4-8(6)18-11/h1-5H,(H,16,17)(H2,12,13,14,15). The van der Waals surface area contributed by atoms with Crippen LogP contribution >= 0.6 is 0 Å². The minimum Gasteiger partial charge on any atom is -0.477 e. The van der Waals surface area contributed by atoms with E-state index >= 15 is 0 Å². The minimum atomic E-state index is -1.08. The Morgan fingerprint density at radius 1 is 1.39 bits per heavy atom. The summed E-state index contributed by atoms with van der Waals surface area (Å²) >= 11 is 0. The Balaban J connectivity index is 1.88. The molecule has 90 valence electrons. The molecule has 3 rings (SSSR count). The molecule has 0 unspecified atom stereocenters. The third-order valence-corrected chi connectivity index (χ3v) is 2.33. The van der Waals surface area contributed by atoms with Crippen LogP contribution in [0.25, 0.3) is 11.1 Å². The van der Waals surface area contributed by atoms with Gasteiger partial charge in [0, 0.05) is 0 Å². The van der Waals surface area contributed by atoms with Gasteiger partial charge in [0.05, 0.1) is 6.20 Å². The lowest BCUT2D eigenvalue weighted by molar-refractivity contribution is 0.0691. The van der Waals surface area contributed by atoms with Crippen molar-refractivity contribution >= 4 is 29.0 Å². The van der Waals surface area contributed by atoms with Gasteiger partial charge in [0.25, 0.3) is 0 Å². The highest BCUT2D eigenvalue weighted by atomic mass is 16.4. The van der Waals surface area contributed by atoms with Crippen LogP contribution in [0.5, 0.6) is 0 Å². The number of rotatable bonds is 3. The number of hydrogen-bond acceptors (Lipinski definition) is 5. The number of nitrogens with zero attached hydrogens (tertiary/aromatic N) is 2. The lowest BCUT2D eigenvalue weighted by Crippen LogP contribution is -1.97. The molecule has 7 nitrogen and oxygen atoms in total. The number of para-hydroxylation sites is 2. The van der Waals surface area contributed by atoms with Crippen molar-refractivity contribution in [1.82, 2.24) is 15.0 Å². The quantitative estimate of drug-likeness (QED) is 0.650. The molecule has 0 radical (unpaired) electrons. The number of imidazole rings is 1. The van der Waals surface area contributed by atoms with Crippen molar-refractivity contribution in [1.29, 1.82) is 0 Å². The van der Waals surface area contributed by atoms with Crippen LogP contribution in [-0.2, 0) is 0 Å². The van der Waals surface area contributed by atoms with Crippen LogP contribution in [0.1, 0.15) is 10.5 Å². The number of nitrogens with one attached hydrogen (secondary N) is 2. The molecule has 2 heterocycles. The number of aromatic nitrogens is 3. The maximum atomic E-state index is 10.7. The second-order valence-corrected chi connectivity index (χ2v) is 3.56. The Hall–Kier alpha value is -2.83. The molecule has 0 saturated heterocycles. The molecule has 0 atom stereocenters. The van der Waals surface area contributed by atoms with Crippen molar-refractivity contribution in [3.05, 3.63) is 36.2 Å². The number of benzene rings is 1. The van der Waals surface area contributed by atoms with Gasteiger partial charge in [-0.3, -0.25) is 5.32 Å². The highest BCUT2D eigenvalue weighted by Crippen LogP contribution is 2.20. The summed E-state index contributed by atoms with van der Waals surface area (Å²) in [6, 6.07) is 7.55. The predicted molar refractivity (Wildman–Crippen MR) is 62.8 cm³/mol. The first kappa shape index (κ1) is 10.3. The van der Waals surface area contributed by atoms with E-state index in [9.17, 15) is 4.79 Å². The fourth-order valence-electron chi connectivity index (χ4n) is 1.52. The fraction of sp³-hybridized carbons (Fsp3) is 0. The molecule has 7 heteroatoms. The first-order chi connectivity index (χ1) is 8.72. The second kappa shape index (κ2) is 3.88. The van der Waals surface area contributed by atoms with Crippen molar-refractivity contribution in [2.45, 2.75) is 0 Å².